The minimum absolute atomic E-state index is 0.157. The van der Waals surface area contributed by atoms with Crippen molar-refractivity contribution in [3.63, 3.8) is 0 Å². The molecule has 11 heteroatoms. The van der Waals surface area contributed by atoms with Crippen LogP contribution in [-0.4, -0.2) is 87.1 Å². The Kier molecular flexibility index (Phi) is 8.31. The van der Waals surface area contributed by atoms with Crippen molar-refractivity contribution in [1.29, 1.82) is 5.41 Å². The summed E-state index contributed by atoms with van der Waals surface area (Å²) in [5, 5.41) is 17.1. The van der Waals surface area contributed by atoms with Gasteiger partial charge in [-0.05, 0) is 45.1 Å². The normalized spacial score (nSPS) is 25.5. The molecule has 3 atom stereocenters. The number of imide groups is 1. The third-order valence-electron chi connectivity index (χ3n) is 6.93. The Hall–Kier alpha value is -3.21. The van der Waals surface area contributed by atoms with E-state index in [1.165, 1.54) is 22.1 Å². The first-order valence-electron chi connectivity index (χ1n) is 12.2. The van der Waals surface area contributed by atoms with Crippen LogP contribution in [0.25, 0.3) is 0 Å². The lowest BCUT2D eigenvalue weighted by Crippen LogP contribution is -2.56. The van der Waals surface area contributed by atoms with Crippen LogP contribution in [0.2, 0.25) is 0 Å². The lowest BCUT2D eigenvalue weighted by atomic mass is 9.92. The topological polar surface area (TPSA) is 170 Å². The van der Waals surface area contributed by atoms with Crippen molar-refractivity contribution in [3.05, 3.63) is 11.6 Å². The number of rotatable bonds is 7. The minimum atomic E-state index is -1.29. The van der Waals surface area contributed by atoms with Crippen LogP contribution < -0.4 is 5.73 Å². The lowest BCUT2D eigenvalue weighted by Gasteiger charge is -2.36. The summed E-state index contributed by atoms with van der Waals surface area (Å²) in [7, 11) is 0. The van der Waals surface area contributed by atoms with Crippen LogP contribution in [0.4, 0.5) is 0 Å². The van der Waals surface area contributed by atoms with Gasteiger partial charge in [0.15, 0.2) is 5.84 Å². The maximum atomic E-state index is 13.8. The van der Waals surface area contributed by atoms with E-state index >= 15 is 0 Å². The zero-order valence-electron chi connectivity index (χ0n) is 20.3. The molecule has 2 aliphatic heterocycles. The van der Waals surface area contributed by atoms with Crippen LogP contribution in [0.3, 0.4) is 0 Å². The van der Waals surface area contributed by atoms with Crippen LogP contribution in [0, 0.1) is 5.41 Å². The van der Waals surface area contributed by atoms with Crippen molar-refractivity contribution in [2.24, 2.45) is 15.7 Å². The largest absolute Gasteiger partial charge is 0.477 e. The number of hydrogen-bond acceptors (Lipinski definition) is 7. The summed E-state index contributed by atoms with van der Waals surface area (Å²) in [5.41, 5.74) is 4.68. The van der Waals surface area contributed by atoms with Gasteiger partial charge in [-0.25, -0.2) is 9.79 Å². The monoisotopic (exact) mass is 486 g/mol. The van der Waals surface area contributed by atoms with E-state index in [1.54, 1.807) is 13.8 Å². The summed E-state index contributed by atoms with van der Waals surface area (Å²) < 4.78 is 0. The number of likely N-dealkylation sites (tertiary alicyclic amines) is 1. The number of nitrogens with one attached hydrogen (secondary N) is 1. The molecule has 0 aromatic rings. The molecule has 0 aromatic carbocycles. The van der Waals surface area contributed by atoms with Gasteiger partial charge in [0.1, 0.15) is 17.8 Å². The quantitative estimate of drug-likeness (QED) is 0.278. The lowest BCUT2D eigenvalue weighted by molar-refractivity contribution is -0.152. The highest BCUT2D eigenvalue weighted by Gasteiger charge is 2.44. The van der Waals surface area contributed by atoms with Crippen LogP contribution in [-0.2, 0) is 19.2 Å². The van der Waals surface area contributed by atoms with E-state index in [1.807, 2.05) is 0 Å². The van der Waals surface area contributed by atoms with Crippen LogP contribution in [0.1, 0.15) is 65.2 Å². The standard InChI is InChI=1S/C24H34N6O5/c1-3-24(23(26)27-14-19(31)32)12-16(13-28-24)21(34)30(17-8-5-4-6-9-17)22(35)18-10-7-11-29(18)20(33)15(2)25/h12-15,17-18,26H,3-11,25H2,1-2H3,(H,31,32)/t15-,18-,24?/m0/s1. The number of carboxylic acid groups (broad SMARTS) is 1. The van der Waals surface area contributed by atoms with E-state index in [2.05, 4.69) is 9.98 Å². The first-order chi connectivity index (χ1) is 16.6. The molecule has 2 heterocycles. The van der Waals surface area contributed by atoms with E-state index in [0.29, 0.717) is 38.4 Å². The summed E-state index contributed by atoms with van der Waals surface area (Å²) >= 11 is 0. The molecule has 4 N–H and O–H groups in total. The van der Waals surface area contributed by atoms with Gasteiger partial charge in [-0.3, -0.25) is 29.7 Å². The SMILES string of the molecule is CCC1(C(=N)N=CC(=O)O)C=C(C(=O)N(C(=O)[C@@H]2CCCN2C(=O)[C@H](C)N)C2CCCCC2)C=N1. The first-order valence-corrected chi connectivity index (χ1v) is 12.2. The second-order valence-corrected chi connectivity index (χ2v) is 9.36. The molecule has 0 bridgehead atoms. The second kappa shape index (κ2) is 11.0. The highest BCUT2D eigenvalue weighted by molar-refractivity contribution is 6.25. The van der Waals surface area contributed by atoms with Crippen molar-refractivity contribution in [2.45, 2.75) is 88.9 Å². The number of aliphatic imine (C=N–C) groups is 2. The number of amidine groups is 1. The van der Waals surface area contributed by atoms with Crippen molar-refractivity contribution in [3.8, 4) is 0 Å². The molecule has 190 valence electrons. The van der Waals surface area contributed by atoms with Gasteiger partial charge in [0.25, 0.3) is 11.8 Å². The van der Waals surface area contributed by atoms with Crippen molar-refractivity contribution in [2.75, 3.05) is 6.54 Å². The predicted molar refractivity (Wildman–Crippen MR) is 131 cm³/mol. The predicted octanol–water partition coefficient (Wildman–Crippen LogP) is 1.30. The fourth-order valence-electron chi connectivity index (χ4n) is 4.99. The van der Waals surface area contributed by atoms with Crippen LogP contribution >= 0.6 is 0 Å². The first kappa shape index (κ1) is 26.4. The number of carboxylic acids is 1. The van der Waals surface area contributed by atoms with E-state index in [-0.39, 0.29) is 29.8 Å². The Labute approximate surface area is 204 Å². The van der Waals surface area contributed by atoms with Gasteiger partial charge in [0.05, 0.1) is 11.6 Å². The molecular weight excluding hydrogens is 452 g/mol. The average Bonchev–Trinajstić information content (AvgIpc) is 3.51. The molecule has 0 radical (unpaired) electrons. The smallest absolute Gasteiger partial charge is 0.347 e. The number of nitrogens with two attached hydrogens (primary N) is 1. The Morgan fingerprint density at radius 2 is 1.97 bits per heavy atom. The molecule has 1 unspecified atom stereocenters. The number of carbonyl (C=O) groups excluding carboxylic acids is 3. The van der Waals surface area contributed by atoms with Crippen LogP contribution in [0.15, 0.2) is 21.6 Å². The Balaban J connectivity index is 1.92. The third-order valence-corrected chi connectivity index (χ3v) is 6.93. The van der Waals surface area contributed by atoms with Gasteiger partial charge in [-0.15, -0.1) is 0 Å². The number of hydrogen-bond donors (Lipinski definition) is 3. The number of aliphatic carboxylic acids is 1. The number of amides is 3. The van der Waals surface area contributed by atoms with Gasteiger partial charge in [0.2, 0.25) is 5.91 Å². The van der Waals surface area contributed by atoms with E-state index < -0.39 is 35.4 Å². The van der Waals surface area contributed by atoms with Gasteiger partial charge >= 0.3 is 5.97 Å². The summed E-state index contributed by atoms with van der Waals surface area (Å²) in [5.74, 6) is -2.83. The number of nitrogens with zero attached hydrogens (tertiary/aromatic N) is 4. The van der Waals surface area contributed by atoms with Crippen LogP contribution in [0.5, 0.6) is 0 Å². The summed E-state index contributed by atoms with van der Waals surface area (Å²) in [6.07, 6.45) is 9.05. The Bertz CT molecular complexity index is 981. The van der Waals surface area contributed by atoms with E-state index in [9.17, 15) is 19.2 Å². The second-order valence-electron chi connectivity index (χ2n) is 9.36. The Morgan fingerprint density at radius 1 is 1.29 bits per heavy atom. The molecule has 11 nitrogen and oxygen atoms in total. The van der Waals surface area contributed by atoms with E-state index in [4.69, 9.17) is 16.2 Å². The molecule has 2 fully saturated rings. The molecule has 3 rings (SSSR count). The van der Waals surface area contributed by atoms with E-state index in [0.717, 1.165) is 19.3 Å². The molecule has 1 saturated heterocycles. The Morgan fingerprint density at radius 3 is 2.57 bits per heavy atom. The highest BCUT2D eigenvalue weighted by atomic mass is 16.4. The maximum Gasteiger partial charge on any atom is 0.347 e. The molecule has 0 spiro atoms. The molecule has 1 aliphatic carbocycles. The van der Waals surface area contributed by atoms with Gasteiger partial charge < -0.3 is 15.7 Å². The fourth-order valence-corrected chi connectivity index (χ4v) is 4.99. The average molecular weight is 487 g/mol. The minimum Gasteiger partial charge on any atom is -0.477 e. The van der Waals surface area contributed by atoms with Crippen molar-refractivity contribution < 1.29 is 24.3 Å². The molecule has 0 aromatic heterocycles. The zero-order valence-corrected chi connectivity index (χ0v) is 20.3. The van der Waals surface area contributed by atoms with Gasteiger partial charge in [-0.2, -0.15) is 0 Å². The molecular formula is C24H34N6O5. The van der Waals surface area contributed by atoms with Crippen molar-refractivity contribution >= 4 is 42.0 Å². The maximum absolute atomic E-state index is 13.8. The summed E-state index contributed by atoms with van der Waals surface area (Å²) in [6, 6.07) is -1.77. The highest BCUT2D eigenvalue weighted by Crippen LogP contribution is 2.31. The fraction of sp³-hybridized carbons (Fsp3) is 0.625. The molecule has 3 amide bonds. The number of carbonyl (C=O) groups is 4. The molecule has 3 aliphatic rings. The molecule has 35 heavy (non-hydrogen) atoms. The van der Waals surface area contributed by atoms with Gasteiger partial charge in [-0.1, -0.05) is 26.2 Å². The zero-order chi connectivity index (χ0) is 25.8. The van der Waals surface area contributed by atoms with Gasteiger partial charge in [0, 0.05) is 18.8 Å². The molecule has 1 saturated carbocycles. The summed E-state index contributed by atoms with van der Waals surface area (Å²) in [6.45, 7) is 3.76. The van der Waals surface area contributed by atoms with Crippen molar-refractivity contribution in [1.82, 2.24) is 9.80 Å². The third kappa shape index (κ3) is 5.55. The summed E-state index contributed by atoms with van der Waals surface area (Å²) in [4.78, 5) is 61.8.